The van der Waals surface area contributed by atoms with Gasteiger partial charge in [0.1, 0.15) is 5.70 Å². The summed E-state index contributed by atoms with van der Waals surface area (Å²) in [6.07, 6.45) is 0. The van der Waals surface area contributed by atoms with Crippen LogP contribution in [0, 0.1) is 6.92 Å². The number of imide groups is 1. The number of nitrogens with zero attached hydrogens (tertiary/aromatic N) is 3. The molecule has 2 aromatic carbocycles. The first kappa shape index (κ1) is 19.7. The predicted octanol–water partition coefficient (Wildman–Crippen LogP) is 3.57. The molecule has 1 fully saturated rings. The lowest BCUT2D eigenvalue weighted by Crippen LogP contribution is -2.47. The summed E-state index contributed by atoms with van der Waals surface area (Å²) >= 11 is 6.05. The van der Waals surface area contributed by atoms with Gasteiger partial charge in [-0.1, -0.05) is 48.4 Å². The number of amides is 2. The molecule has 0 aromatic heterocycles. The molecular formula is C23H24ClN3O2. The Balaban J connectivity index is 1.76. The smallest absolute Gasteiger partial charge is 0.282 e. The Morgan fingerprint density at radius 3 is 2.07 bits per heavy atom. The van der Waals surface area contributed by atoms with E-state index in [-0.39, 0.29) is 11.8 Å². The molecule has 5 nitrogen and oxygen atoms in total. The van der Waals surface area contributed by atoms with Gasteiger partial charge in [0.15, 0.2) is 0 Å². The normalized spacial score (nSPS) is 18.2. The van der Waals surface area contributed by atoms with E-state index in [2.05, 4.69) is 16.7 Å². The first-order valence-corrected chi connectivity index (χ1v) is 10.3. The summed E-state index contributed by atoms with van der Waals surface area (Å²) in [7, 11) is 0. The topological polar surface area (TPSA) is 43.9 Å². The molecule has 1 saturated heterocycles. The third-order valence-electron chi connectivity index (χ3n) is 5.62. The largest absolute Gasteiger partial charge is 0.364 e. The highest BCUT2D eigenvalue weighted by atomic mass is 35.5. The van der Waals surface area contributed by atoms with E-state index in [1.165, 1.54) is 4.90 Å². The highest BCUT2D eigenvalue weighted by Crippen LogP contribution is 2.35. The van der Waals surface area contributed by atoms with Gasteiger partial charge in [-0.3, -0.25) is 9.59 Å². The minimum Gasteiger partial charge on any atom is -0.364 e. The molecular weight excluding hydrogens is 386 g/mol. The molecule has 0 spiro atoms. The number of rotatable bonds is 4. The van der Waals surface area contributed by atoms with Gasteiger partial charge in [-0.25, -0.2) is 4.90 Å². The molecule has 2 heterocycles. The van der Waals surface area contributed by atoms with Crippen molar-refractivity contribution in [3.63, 3.8) is 0 Å². The van der Waals surface area contributed by atoms with Crippen LogP contribution in [0.5, 0.6) is 0 Å². The van der Waals surface area contributed by atoms with Crippen molar-refractivity contribution in [2.75, 3.05) is 37.6 Å². The van der Waals surface area contributed by atoms with Crippen LogP contribution in [-0.2, 0) is 9.59 Å². The average molecular weight is 410 g/mol. The number of hydrogen-bond acceptors (Lipinski definition) is 4. The Labute approximate surface area is 176 Å². The van der Waals surface area contributed by atoms with Crippen molar-refractivity contribution in [2.45, 2.75) is 13.8 Å². The van der Waals surface area contributed by atoms with E-state index in [1.54, 1.807) is 12.1 Å². The number of piperazine rings is 1. The Hall–Kier alpha value is -2.63. The number of halogens is 1. The summed E-state index contributed by atoms with van der Waals surface area (Å²) in [5.74, 6) is -0.539. The number of aryl methyl sites for hydroxylation is 1. The van der Waals surface area contributed by atoms with Gasteiger partial charge in [0.25, 0.3) is 11.8 Å². The second-order valence-corrected chi connectivity index (χ2v) is 7.87. The van der Waals surface area contributed by atoms with Gasteiger partial charge < -0.3 is 9.80 Å². The standard InChI is InChI=1S/C23H24ClN3O2/c1-3-25-12-14-26(15-13-25)21-20(17-6-8-18(24)9-7-17)22(28)27(23(21)29)19-10-4-16(2)5-11-19/h4-11H,3,12-15H2,1-2H3. The third-order valence-corrected chi connectivity index (χ3v) is 5.87. The summed E-state index contributed by atoms with van der Waals surface area (Å²) in [5.41, 5.74) is 3.34. The number of likely N-dealkylation sites (N-methyl/N-ethyl adjacent to an activating group) is 1. The molecule has 0 unspecified atom stereocenters. The van der Waals surface area contributed by atoms with Gasteiger partial charge in [-0.2, -0.15) is 0 Å². The zero-order chi connectivity index (χ0) is 20.5. The fraction of sp³-hybridized carbons (Fsp3) is 0.304. The number of hydrogen-bond donors (Lipinski definition) is 0. The molecule has 0 saturated carbocycles. The van der Waals surface area contributed by atoms with Crippen LogP contribution in [0.15, 0.2) is 54.2 Å². The molecule has 150 valence electrons. The fourth-order valence-electron chi connectivity index (χ4n) is 3.90. The average Bonchev–Trinajstić information content (AvgIpc) is 3.00. The maximum Gasteiger partial charge on any atom is 0.282 e. The third kappa shape index (κ3) is 3.68. The van der Waals surface area contributed by atoms with Crippen LogP contribution in [0.25, 0.3) is 5.57 Å². The Morgan fingerprint density at radius 2 is 1.48 bits per heavy atom. The van der Waals surface area contributed by atoms with E-state index in [9.17, 15) is 9.59 Å². The quantitative estimate of drug-likeness (QED) is 0.724. The lowest BCUT2D eigenvalue weighted by atomic mass is 10.0. The van der Waals surface area contributed by atoms with E-state index in [0.29, 0.717) is 22.0 Å². The zero-order valence-corrected chi connectivity index (χ0v) is 17.4. The summed E-state index contributed by atoms with van der Waals surface area (Å²) in [4.78, 5) is 32.6. The molecule has 0 N–H and O–H groups in total. The summed E-state index contributed by atoms with van der Waals surface area (Å²) in [6, 6.07) is 14.6. The van der Waals surface area contributed by atoms with Crippen LogP contribution < -0.4 is 4.90 Å². The van der Waals surface area contributed by atoms with E-state index in [1.807, 2.05) is 43.3 Å². The second kappa shape index (κ2) is 8.01. The minimum absolute atomic E-state index is 0.256. The Kier molecular flexibility index (Phi) is 5.43. The van der Waals surface area contributed by atoms with E-state index in [4.69, 9.17) is 11.6 Å². The number of carbonyl (C=O) groups is 2. The molecule has 6 heteroatoms. The zero-order valence-electron chi connectivity index (χ0n) is 16.7. The van der Waals surface area contributed by atoms with Crippen LogP contribution in [0.3, 0.4) is 0 Å². The van der Waals surface area contributed by atoms with Gasteiger partial charge in [-0.15, -0.1) is 0 Å². The molecule has 2 aromatic rings. The van der Waals surface area contributed by atoms with Gasteiger partial charge in [-0.05, 0) is 43.3 Å². The van der Waals surface area contributed by atoms with E-state index >= 15 is 0 Å². The monoisotopic (exact) mass is 409 g/mol. The second-order valence-electron chi connectivity index (χ2n) is 7.43. The SMILES string of the molecule is CCN1CCN(C2=C(c3ccc(Cl)cc3)C(=O)N(c3ccc(C)cc3)C2=O)CC1. The van der Waals surface area contributed by atoms with Crippen molar-refractivity contribution >= 4 is 34.7 Å². The van der Waals surface area contributed by atoms with E-state index in [0.717, 1.165) is 43.9 Å². The maximum atomic E-state index is 13.5. The van der Waals surface area contributed by atoms with E-state index < -0.39 is 0 Å². The first-order chi connectivity index (χ1) is 14.0. The van der Waals surface area contributed by atoms with Crippen LogP contribution in [0.2, 0.25) is 5.02 Å². The molecule has 0 radical (unpaired) electrons. The number of anilines is 1. The molecule has 29 heavy (non-hydrogen) atoms. The number of carbonyl (C=O) groups excluding carboxylic acids is 2. The highest BCUT2D eigenvalue weighted by molar-refractivity contribution is 6.45. The van der Waals surface area contributed by atoms with Crippen molar-refractivity contribution in [1.29, 1.82) is 0 Å². The van der Waals surface area contributed by atoms with Crippen molar-refractivity contribution in [3.05, 3.63) is 70.4 Å². The predicted molar refractivity (Wildman–Crippen MR) is 116 cm³/mol. The van der Waals surface area contributed by atoms with Crippen molar-refractivity contribution in [1.82, 2.24) is 9.80 Å². The summed E-state index contributed by atoms with van der Waals surface area (Å²) < 4.78 is 0. The first-order valence-electron chi connectivity index (χ1n) is 9.92. The molecule has 2 aliphatic rings. The summed E-state index contributed by atoms with van der Waals surface area (Å²) in [5, 5.41) is 0.597. The van der Waals surface area contributed by atoms with Crippen molar-refractivity contribution in [2.24, 2.45) is 0 Å². The Morgan fingerprint density at radius 1 is 0.862 bits per heavy atom. The lowest BCUT2D eigenvalue weighted by molar-refractivity contribution is -0.120. The maximum absolute atomic E-state index is 13.5. The highest BCUT2D eigenvalue weighted by Gasteiger charge is 2.42. The van der Waals surface area contributed by atoms with Gasteiger partial charge >= 0.3 is 0 Å². The summed E-state index contributed by atoms with van der Waals surface area (Å²) in [6.45, 7) is 8.30. The van der Waals surface area contributed by atoms with Crippen LogP contribution in [0.4, 0.5) is 5.69 Å². The number of benzene rings is 2. The van der Waals surface area contributed by atoms with Crippen LogP contribution in [0.1, 0.15) is 18.1 Å². The molecule has 0 atom stereocenters. The molecule has 4 rings (SSSR count). The Bertz CT molecular complexity index is 959. The van der Waals surface area contributed by atoms with Gasteiger partial charge in [0, 0.05) is 31.2 Å². The molecule has 2 amide bonds. The fourth-order valence-corrected chi connectivity index (χ4v) is 4.03. The molecule has 2 aliphatic heterocycles. The lowest BCUT2D eigenvalue weighted by Gasteiger charge is -2.36. The van der Waals surface area contributed by atoms with Crippen LogP contribution >= 0.6 is 11.6 Å². The van der Waals surface area contributed by atoms with Crippen molar-refractivity contribution < 1.29 is 9.59 Å². The molecule has 0 bridgehead atoms. The van der Waals surface area contributed by atoms with Crippen molar-refractivity contribution in [3.8, 4) is 0 Å². The van der Waals surface area contributed by atoms with Gasteiger partial charge in [0.05, 0.1) is 11.3 Å². The molecule has 0 aliphatic carbocycles. The minimum atomic E-state index is -0.283. The van der Waals surface area contributed by atoms with Gasteiger partial charge in [0.2, 0.25) is 0 Å². The van der Waals surface area contributed by atoms with Crippen LogP contribution in [-0.4, -0.2) is 54.3 Å².